The van der Waals surface area contributed by atoms with E-state index in [0.29, 0.717) is 0 Å². The molecule has 0 rings (SSSR count). The van der Waals surface area contributed by atoms with Gasteiger partial charge in [0.2, 0.25) is 0 Å². The van der Waals surface area contributed by atoms with Crippen molar-refractivity contribution in [2.75, 3.05) is 18.2 Å². The Morgan fingerprint density at radius 2 is 1.18 bits per heavy atom. The highest BCUT2D eigenvalue weighted by Crippen LogP contribution is 1.90. The molecule has 2 N–H and O–H groups in total. The van der Waals surface area contributed by atoms with Gasteiger partial charge in [0.15, 0.2) is 0 Å². The highest BCUT2D eigenvalue weighted by atomic mass is 32.3. The standard InChI is InChI=1S/C7H12F2N2O4S2/c8-16(12,13)5-1-3-10-7-11-4-2-6-17(9,14)15/h1-4,10-11H,5-7H2/b3-1+,4-2+. The van der Waals surface area contributed by atoms with Crippen LogP contribution in [0.3, 0.4) is 0 Å². The van der Waals surface area contributed by atoms with Gasteiger partial charge in [-0.2, -0.15) is 16.8 Å². The zero-order valence-electron chi connectivity index (χ0n) is 8.64. The SMILES string of the molecule is O=S(=O)(F)C/C=C/NCN/C=C/CS(=O)(=O)F. The molecule has 0 aliphatic rings. The fourth-order valence-electron chi connectivity index (χ4n) is 0.670. The monoisotopic (exact) mass is 290 g/mol. The van der Waals surface area contributed by atoms with E-state index in [1.807, 2.05) is 0 Å². The molecule has 0 spiro atoms. The van der Waals surface area contributed by atoms with Gasteiger partial charge < -0.3 is 10.6 Å². The molecule has 0 aromatic heterocycles. The molecule has 0 aliphatic heterocycles. The minimum absolute atomic E-state index is 0.145. The maximum absolute atomic E-state index is 12.0. The summed E-state index contributed by atoms with van der Waals surface area (Å²) in [6.45, 7) is 0.145. The summed E-state index contributed by atoms with van der Waals surface area (Å²) < 4.78 is 64.0. The van der Waals surface area contributed by atoms with E-state index in [1.165, 1.54) is 12.4 Å². The quantitative estimate of drug-likeness (QED) is 0.364. The van der Waals surface area contributed by atoms with Crippen molar-refractivity contribution < 1.29 is 24.6 Å². The smallest absolute Gasteiger partial charge is 0.306 e. The molecule has 0 unspecified atom stereocenters. The van der Waals surface area contributed by atoms with E-state index in [9.17, 15) is 24.6 Å². The third kappa shape index (κ3) is 14.8. The van der Waals surface area contributed by atoms with Crippen LogP contribution >= 0.6 is 0 Å². The molecular formula is C7H12F2N2O4S2. The molecule has 0 aromatic rings. The third-order valence-corrected chi connectivity index (χ3v) is 2.45. The average Bonchev–Trinajstić information content (AvgIpc) is 2.11. The highest BCUT2D eigenvalue weighted by molar-refractivity contribution is 7.86. The molecule has 6 nitrogen and oxygen atoms in total. The lowest BCUT2D eigenvalue weighted by Crippen LogP contribution is -2.20. The van der Waals surface area contributed by atoms with Crippen molar-refractivity contribution >= 4 is 20.4 Å². The van der Waals surface area contributed by atoms with E-state index < -0.39 is 32.0 Å². The summed E-state index contributed by atoms with van der Waals surface area (Å²) in [6, 6.07) is 0. The minimum atomic E-state index is -4.51. The normalized spacial score (nSPS) is 13.3. The van der Waals surface area contributed by atoms with E-state index in [4.69, 9.17) is 0 Å². The van der Waals surface area contributed by atoms with Gasteiger partial charge >= 0.3 is 20.4 Å². The summed E-state index contributed by atoms with van der Waals surface area (Å²) in [6.07, 6.45) is 4.55. The molecule has 17 heavy (non-hydrogen) atoms. The number of nitrogens with one attached hydrogen (secondary N) is 2. The average molecular weight is 290 g/mol. The molecule has 0 bridgehead atoms. The van der Waals surface area contributed by atoms with Crippen LogP contribution in [0.1, 0.15) is 0 Å². The van der Waals surface area contributed by atoms with Gasteiger partial charge in [-0.3, -0.25) is 0 Å². The summed E-state index contributed by atoms with van der Waals surface area (Å²) in [5, 5.41) is 5.08. The Morgan fingerprint density at radius 1 is 0.824 bits per heavy atom. The van der Waals surface area contributed by atoms with Crippen LogP contribution < -0.4 is 10.6 Å². The first-order chi connectivity index (χ1) is 7.71. The van der Waals surface area contributed by atoms with E-state index >= 15 is 0 Å². The summed E-state index contributed by atoms with van der Waals surface area (Å²) in [5.74, 6) is -1.45. The second kappa shape index (κ2) is 7.22. The molecule has 0 saturated carbocycles. The molecular weight excluding hydrogens is 278 g/mol. The van der Waals surface area contributed by atoms with Gasteiger partial charge in [0.25, 0.3) is 0 Å². The largest absolute Gasteiger partial charge is 0.374 e. The first-order valence-corrected chi connectivity index (χ1v) is 7.43. The second-order valence-corrected chi connectivity index (χ2v) is 5.62. The third-order valence-electron chi connectivity index (χ3n) is 1.27. The summed E-state index contributed by atoms with van der Waals surface area (Å²) in [5.41, 5.74) is 0. The molecule has 0 radical (unpaired) electrons. The van der Waals surface area contributed by atoms with Crippen LogP contribution in [0.2, 0.25) is 0 Å². The van der Waals surface area contributed by atoms with Gasteiger partial charge in [0.1, 0.15) is 0 Å². The van der Waals surface area contributed by atoms with Crippen molar-refractivity contribution in [3.8, 4) is 0 Å². The van der Waals surface area contributed by atoms with Crippen LogP contribution in [0, 0.1) is 0 Å². The van der Waals surface area contributed by atoms with Crippen LogP contribution in [-0.4, -0.2) is 35.0 Å². The lowest BCUT2D eigenvalue weighted by Gasteiger charge is -1.99. The Labute approximate surface area is 98.8 Å². The van der Waals surface area contributed by atoms with E-state index in [-0.39, 0.29) is 6.67 Å². The van der Waals surface area contributed by atoms with Crippen molar-refractivity contribution in [2.45, 2.75) is 0 Å². The fraction of sp³-hybridized carbons (Fsp3) is 0.429. The molecule has 100 valence electrons. The predicted octanol–water partition coefficient (Wildman–Crippen LogP) is -0.251. The highest BCUT2D eigenvalue weighted by Gasteiger charge is 2.01. The number of halogens is 2. The molecule has 0 aliphatic carbocycles. The fourth-order valence-corrected chi connectivity index (χ4v) is 1.32. The van der Waals surface area contributed by atoms with Gasteiger partial charge in [-0.25, -0.2) is 0 Å². The number of rotatable bonds is 8. The van der Waals surface area contributed by atoms with E-state index in [0.717, 1.165) is 12.2 Å². The van der Waals surface area contributed by atoms with E-state index in [2.05, 4.69) is 10.6 Å². The molecule has 0 atom stereocenters. The van der Waals surface area contributed by atoms with Gasteiger partial charge in [0, 0.05) is 0 Å². The van der Waals surface area contributed by atoms with Crippen molar-refractivity contribution in [3.63, 3.8) is 0 Å². The molecule has 10 heteroatoms. The number of hydrogen-bond acceptors (Lipinski definition) is 6. The van der Waals surface area contributed by atoms with Gasteiger partial charge in [-0.05, 0) is 12.4 Å². The first kappa shape index (κ1) is 15.8. The Bertz CT molecular complexity index is 426. The van der Waals surface area contributed by atoms with Crippen LogP contribution in [0.25, 0.3) is 0 Å². The topological polar surface area (TPSA) is 92.3 Å². The van der Waals surface area contributed by atoms with Crippen LogP contribution in [0.15, 0.2) is 24.6 Å². The lowest BCUT2D eigenvalue weighted by atomic mass is 10.7. The Balaban J connectivity index is 3.60. The van der Waals surface area contributed by atoms with Crippen LogP contribution in [0.4, 0.5) is 7.77 Å². The molecule has 0 amide bonds. The van der Waals surface area contributed by atoms with Crippen molar-refractivity contribution in [1.82, 2.24) is 10.6 Å². The molecule has 0 aromatic carbocycles. The van der Waals surface area contributed by atoms with Gasteiger partial charge in [0.05, 0.1) is 18.2 Å². The molecule has 0 saturated heterocycles. The zero-order valence-corrected chi connectivity index (χ0v) is 10.3. The Hall–Kier alpha value is -1.16. The van der Waals surface area contributed by atoms with Crippen LogP contribution in [0.5, 0.6) is 0 Å². The molecule has 0 fully saturated rings. The van der Waals surface area contributed by atoms with Gasteiger partial charge in [-0.1, -0.05) is 12.2 Å². The first-order valence-electron chi connectivity index (χ1n) is 4.32. The summed E-state index contributed by atoms with van der Waals surface area (Å²) >= 11 is 0. The predicted molar refractivity (Wildman–Crippen MR) is 59.2 cm³/mol. The summed E-state index contributed by atoms with van der Waals surface area (Å²) in [7, 11) is -9.02. The molecule has 0 heterocycles. The van der Waals surface area contributed by atoms with Crippen LogP contribution in [-0.2, 0) is 20.4 Å². The lowest BCUT2D eigenvalue weighted by molar-refractivity contribution is 0.553. The Morgan fingerprint density at radius 3 is 1.47 bits per heavy atom. The van der Waals surface area contributed by atoms with Gasteiger partial charge in [-0.15, -0.1) is 7.77 Å². The van der Waals surface area contributed by atoms with E-state index in [1.54, 1.807) is 0 Å². The minimum Gasteiger partial charge on any atom is -0.374 e. The Kier molecular flexibility index (Phi) is 6.73. The summed E-state index contributed by atoms with van der Waals surface area (Å²) in [4.78, 5) is 0. The van der Waals surface area contributed by atoms with Crippen molar-refractivity contribution in [2.24, 2.45) is 0 Å². The maximum Gasteiger partial charge on any atom is 0.306 e. The number of hydrogen-bond donors (Lipinski definition) is 2. The second-order valence-electron chi connectivity index (χ2n) is 2.80. The van der Waals surface area contributed by atoms with Crippen molar-refractivity contribution in [3.05, 3.63) is 24.6 Å². The zero-order chi connectivity index (χ0) is 13.4. The van der Waals surface area contributed by atoms with Crippen molar-refractivity contribution in [1.29, 1.82) is 0 Å². The maximum atomic E-state index is 12.0.